The van der Waals surface area contributed by atoms with Crippen LogP contribution in [0.25, 0.3) is 0 Å². The Morgan fingerprint density at radius 2 is 0.613 bits per heavy atom. The fourth-order valence-corrected chi connectivity index (χ4v) is 4.29. The molecule has 2 atom stereocenters. The Labute approximate surface area is 215 Å². The van der Waals surface area contributed by atoms with Crippen LogP contribution in [0.5, 0.6) is 0 Å². The average Bonchev–Trinajstić information content (AvgIpc) is 2.71. The largest absolute Gasteiger partial charge is 2.00 e. The Hall–Kier alpha value is 0.986. The monoisotopic (exact) mass is 490 g/mol. The van der Waals surface area contributed by atoms with E-state index >= 15 is 0 Å². The van der Waals surface area contributed by atoms with E-state index in [1.807, 2.05) is 0 Å². The Kier molecular flexibility index (Phi) is 39.1. The van der Waals surface area contributed by atoms with Gasteiger partial charge in [0.05, 0.1) is 0 Å². The summed E-state index contributed by atoms with van der Waals surface area (Å²) in [5.41, 5.74) is 0. The zero-order chi connectivity index (χ0) is 22.7. The van der Waals surface area contributed by atoms with E-state index in [1.165, 1.54) is 103 Å². The Morgan fingerprint density at radius 3 is 0.806 bits per heavy atom. The van der Waals surface area contributed by atoms with Crippen LogP contribution < -0.4 is 0 Å². The van der Waals surface area contributed by atoms with Gasteiger partial charge in [-0.3, -0.25) is 8.42 Å². The summed E-state index contributed by atoms with van der Waals surface area (Å²) in [4.78, 5) is 0. The van der Waals surface area contributed by atoms with Gasteiger partial charge in [0.1, 0.15) is 0 Å². The van der Waals surface area contributed by atoms with Crippen LogP contribution in [0, 0.1) is 0 Å². The second kappa shape index (κ2) is 33.2. The topological polar surface area (TPSA) is 80.3 Å². The summed E-state index contributed by atoms with van der Waals surface area (Å²) in [5.74, 6) is 0.688. The second-order valence-corrected chi connectivity index (χ2v) is 10.4. The summed E-state index contributed by atoms with van der Waals surface area (Å²) < 4.78 is 40.9. The van der Waals surface area contributed by atoms with Crippen molar-refractivity contribution in [3.63, 3.8) is 0 Å². The summed E-state index contributed by atoms with van der Waals surface area (Å²) in [6.07, 6.45) is 25.0. The molecular weight excluding hydrogens is 441 g/mol. The molecule has 0 radical (unpaired) electrons. The number of hydrogen-bond donors (Lipinski definition) is 0. The maximum Gasteiger partial charge on any atom is 2.00 e. The standard InChI is InChI=1S/2C12H26O2S.Mg/c2*1-2-3-4-5-6-7-8-9-10-11-12-15(13)14;/h2*2-12H2,1H3,(H,13,14);/q;;+2/p-2. The first kappa shape index (κ1) is 36.6. The molecule has 0 aliphatic heterocycles. The van der Waals surface area contributed by atoms with Crippen LogP contribution in [0.15, 0.2) is 0 Å². The molecule has 0 aromatic carbocycles. The van der Waals surface area contributed by atoms with Crippen LogP contribution >= 0.6 is 0 Å². The van der Waals surface area contributed by atoms with Crippen LogP contribution in [-0.4, -0.2) is 52.1 Å². The molecule has 4 nitrogen and oxygen atoms in total. The first-order chi connectivity index (χ1) is 14.5. The Morgan fingerprint density at radius 1 is 0.419 bits per heavy atom. The van der Waals surface area contributed by atoms with E-state index in [4.69, 9.17) is 0 Å². The molecule has 0 N–H and O–H groups in total. The molecule has 0 aliphatic carbocycles. The van der Waals surface area contributed by atoms with Gasteiger partial charge in [-0.1, -0.05) is 152 Å². The van der Waals surface area contributed by atoms with Crippen molar-refractivity contribution in [1.82, 2.24) is 0 Å². The summed E-state index contributed by atoms with van der Waals surface area (Å²) in [6, 6.07) is 0. The predicted molar refractivity (Wildman–Crippen MR) is 137 cm³/mol. The second-order valence-electron chi connectivity index (χ2n) is 8.38. The Bertz CT molecular complexity index is 337. The molecular formula is C24H50MgO4S2. The third kappa shape index (κ3) is 41.7. The third-order valence-corrected chi connectivity index (χ3v) is 6.57. The zero-order valence-electron chi connectivity index (χ0n) is 20.7. The van der Waals surface area contributed by atoms with Gasteiger partial charge in [0.15, 0.2) is 0 Å². The van der Waals surface area contributed by atoms with Gasteiger partial charge in [-0.05, 0) is 12.8 Å². The van der Waals surface area contributed by atoms with Crippen molar-refractivity contribution in [1.29, 1.82) is 0 Å². The fraction of sp³-hybridized carbons (Fsp3) is 1.00. The van der Waals surface area contributed by atoms with Crippen molar-refractivity contribution >= 4 is 45.2 Å². The van der Waals surface area contributed by atoms with Crippen molar-refractivity contribution in [2.45, 2.75) is 142 Å². The van der Waals surface area contributed by atoms with Gasteiger partial charge in [-0.2, -0.15) is 0 Å². The molecule has 0 aromatic rings. The maximum atomic E-state index is 10.2. The smallest absolute Gasteiger partial charge is 0.772 e. The van der Waals surface area contributed by atoms with Gasteiger partial charge in [0.2, 0.25) is 0 Å². The zero-order valence-corrected chi connectivity index (χ0v) is 23.8. The molecule has 31 heavy (non-hydrogen) atoms. The van der Waals surface area contributed by atoms with E-state index in [9.17, 15) is 17.5 Å². The summed E-state index contributed by atoms with van der Waals surface area (Å²) >= 11 is -3.66. The van der Waals surface area contributed by atoms with Crippen LogP contribution in [0.1, 0.15) is 142 Å². The van der Waals surface area contributed by atoms with Crippen molar-refractivity contribution in [2.24, 2.45) is 0 Å². The number of rotatable bonds is 22. The quantitative estimate of drug-likeness (QED) is 0.0912. The SMILES string of the molecule is CCCCCCCCCCCCS(=O)[O-].CCCCCCCCCCCCS(=O)[O-].[Mg+2]. The molecule has 0 spiro atoms. The summed E-state index contributed by atoms with van der Waals surface area (Å²) in [6.45, 7) is 4.47. The van der Waals surface area contributed by atoms with E-state index in [0.29, 0.717) is 11.5 Å². The van der Waals surface area contributed by atoms with Gasteiger partial charge in [0.25, 0.3) is 0 Å². The van der Waals surface area contributed by atoms with Gasteiger partial charge in [-0.25, -0.2) is 0 Å². The maximum absolute atomic E-state index is 10.2. The molecule has 0 bridgehead atoms. The molecule has 0 amide bonds. The normalized spacial score (nSPS) is 12.5. The summed E-state index contributed by atoms with van der Waals surface area (Å²) in [5, 5.41) is 0. The molecule has 0 rings (SSSR count). The van der Waals surface area contributed by atoms with Crippen LogP contribution in [0.4, 0.5) is 0 Å². The van der Waals surface area contributed by atoms with Gasteiger partial charge in [0, 0.05) is 11.5 Å². The molecule has 0 saturated heterocycles. The average molecular weight is 491 g/mol. The van der Waals surface area contributed by atoms with Crippen molar-refractivity contribution in [2.75, 3.05) is 11.5 Å². The Balaban J connectivity index is -0.000000490. The minimum atomic E-state index is -1.83. The molecule has 0 aliphatic rings. The van der Waals surface area contributed by atoms with Crippen molar-refractivity contribution < 1.29 is 17.5 Å². The van der Waals surface area contributed by atoms with E-state index in [2.05, 4.69) is 13.8 Å². The number of hydrogen-bond acceptors (Lipinski definition) is 4. The minimum absolute atomic E-state index is 0. The van der Waals surface area contributed by atoms with Gasteiger partial charge < -0.3 is 9.11 Å². The predicted octanol–water partition coefficient (Wildman–Crippen LogP) is 7.19. The molecule has 0 saturated carbocycles. The van der Waals surface area contributed by atoms with Crippen molar-refractivity contribution in [3.8, 4) is 0 Å². The molecule has 2 unspecified atom stereocenters. The van der Waals surface area contributed by atoms with Crippen LogP contribution in [0.3, 0.4) is 0 Å². The molecule has 184 valence electrons. The van der Waals surface area contributed by atoms with E-state index in [0.717, 1.165) is 25.7 Å². The molecule has 0 heterocycles. The van der Waals surface area contributed by atoms with E-state index in [1.54, 1.807) is 0 Å². The summed E-state index contributed by atoms with van der Waals surface area (Å²) in [7, 11) is 0. The molecule has 7 heteroatoms. The first-order valence-electron chi connectivity index (χ1n) is 12.7. The molecule has 0 fully saturated rings. The first-order valence-corrected chi connectivity index (χ1v) is 15.1. The van der Waals surface area contributed by atoms with E-state index in [-0.39, 0.29) is 23.1 Å². The van der Waals surface area contributed by atoms with Gasteiger partial charge >= 0.3 is 23.1 Å². The molecule has 0 aromatic heterocycles. The third-order valence-electron chi connectivity index (χ3n) is 5.33. The van der Waals surface area contributed by atoms with Crippen LogP contribution in [0.2, 0.25) is 0 Å². The van der Waals surface area contributed by atoms with Crippen LogP contribution in [-0.2, 0) is 22.2 Å². The number of unbranched alkanes of at least 4 members (excludes halogenated alkanes) is 18. The van der Waals surface area contributed by atoms with Gasteiger partial charge in [-0.15, -0.1) is 0 Å². The minimum Gasteiger partial charge on any atom is -0.772 e. The van der Waals surface area contributed by atoms with Crippen molar-refractivity contribution in [3.05, 3.63) is 0 Å². The fourth-order valence-electron chi connectivity index (χ4n) is 3.41. The van der Waals surface area contributed by atoms with E-state index < -0.39 is 22.2 Å².